The Bertz CT molecular complexity index is 701. The lowest BCUT2D eigenvalue weighted by molar-refractivity contribution is -0.132. The van der Waals surface area contributed by atoms with E-state index in [2.05, 4.69) is 5.32 Å². The van der Waals surface area contributed by atoms with Crippen LogP contribution in [0.15, 0.2) is 54.6 Å². The van der Waals surface area contributed by atoms with Gasteiger partial charge in [0.25, 0.3) is 0 Å². The Morgan fingerprint density at radius 1 is 1.13 bits per heavy atom. The molecule has 0 radical (unpaired) electrons. The van der Waals surface area contributed by atoms with Gasteiger partial charge >= 0.3 is 0 Å². The minimum absolute atomic E-state index is 0.173. The number of para-hydroxylation sites is 1. The Hall–Kier alpha value is -2.69. The second-order valence-corrected chi connectivity index (χ2v) is 5.51. The summed E-state index contributed by atoms with van der Waals surface area (Å²) in [5.74, 6) is -1.43. The molecule has 2 aromatic rings. The molecule has 1 heterocycles. The minimum atomic E-state index is -0.657. The molecule has 1 aliphatic heterocycles. The maximum absolute atomic E-state index is 12.8. The highest BCUT2D eigenvalue weighted by atomic mass is 19.1. The Morgan fingerprint density at radius 3 is 2.52 bits per heavy atom. The molecule has 0 spiro atoms. The number of hydrogen-bond donors (Lipinski definition) is 1. The van der Waals surface area contributed by atoms with E-state index in [1.807, 2.05) is 30.3 Å². The van der Waals surface area contributed by atoms with Crippen molar-refractivity contribution in [1.29, 1.82) is 0 Å². The largest absolute Gasteiger partial charge is 0.351 e. The summed E-state index contributed by atoms with van der Waals surface area (Å²) in [6.07, 6.45) is 0.503. The van der Waals surface area contributed by atoms with Gasteiger partial charge in [0.05, 0.1) is 0 Å². The van der Waals surface area contributed by atoms with Crippen LogP contribution in [0.2, 0.25) is 0 Å². The number of amides is 2. The van der Waals surface area contributed by atoms with Gasteiger partial charge < -0.3 is 10.2 Å². The molecule has 0 bridgehead atoms. The molecule has 0 aliphatic carbocycles. The molecule has 1 N–H and O–H groups in total. The molecule has 23 heavy (non-hydrogen) atoms. The third-order valence-corrected chi connectivity index (χ3v) is 3.97. The quantitative estimate of drug-likeness (QED) is 0.882. The van der Waals surface area contributed by atoms with E-state index in [4.69, 9.17) is 0 Å². The minimum Gasteiger partial charge on any atom is -0.351 e. The lowest BCUT2D eigenvalue weighted by atomic mass is 10.1. The van der Waals surface area contributed by atoms with Crippen LogP contribution in [0.4, 0.5) is 10.1 Å². The molecule has 1 saturated heterocycles. The summed E-state index contributed by atoms with van der Waals surface area (Å²) in [6, 6.07) is 15.3. The number of halogens is 1. The van der Waals surface area contributed by atoms with Gasteiger partial charge in [0.1, 0.15) is 11.7 Å². The normalized spacial score (nSPS) is 17.3. The molecular formula is C18H17FN2O2. The first-order valence-electron chi connectivity index (χ1n) is 7.54. The average Bonchev–Trinajstić information content (AvgIpc) is 2.96. The van der Waals surface area contributed by atoms with Crippen LogP contribution < -0.4 is 10.2 Å². The van der Waals surface area contributed by atoms with Crippen molar-refractivity contribution in [3.8, 4) is 0 Å². The summed E-state index contributed by atoms with van der Waals surface area (Å²) in [5, 5.41) is 2.75. The molecule has 0 saturated carbocycles. The smallest absolute Gasteiger partial charge is 0.239 e. The van der Waals surface area contributed by atoms with E-state index in [0.29, 0.717) is 13.0 Å². The van der Waals surface area contributed by atoms with Gasteiger partial charge in [-0.3, -0.25) is 9.59 Å². The van der Waals surface area contributed by atoms with E-state index in [1.54, 1.807) is 17.0 Å². The molecule has 1 fully saturated rings. The molecule has 1 atom stereocenters. The maximum Gasteiger partial charge on any atom is 0.239 e. The fraction of sp³-hybridized carbons (Fsp3) is 0.222. The summed E-state index contributed by atoms with van der Waals surface area (Å²) in [6.45, 7) is 0.825. The first kappa shape index (κ1) is 15.2. The van der Waals surface area contributed by atoms with Crippen molar-refractivity contribution in [1.82, 2.24) is 5.32 Å². The topological polar surface area (TPSA) is 49.4 Å². The third kappa shape index (κ3) is 3.39. The lowest BCUT2D eigenvalue weighted by Crippen LogP contribution is -2.36. The first-order chi connectivity index (χ1) is 11.1. The highest BCUT2D eigenvalue weighted by molar-refractivity contribution is 6.09. The molecule has 118 valence electrons. The van der Waals surface area contributed by atoms with Crippen LogP contribution in [-0.2, 0) is 16.1 Å². The van der Waals surface area contributed by atoms with Gasteiger partial charge in [-0.15, -0.1) is 0 Å². The van der Waals surface area contributed by atoms with Gasteiger partial charge in [0.15, 0.2) is 0 Å². The predicted molar refractivity (Wildman–Crippen MR) is 85.1 cm³/mol. The zero-order valence-corrected chi connectivity index (χ0v) is 12.5. The molecule has 4 nitrogen and oxygen atoms in total. The number of nitrogens with zero attached hydrogens (tertiary/aromatic N) is 1. The Labute approximate surface area is 133 Å². The summed E-state index contributed by atoms with van der Waals surface area (Å²) < 4.78 is 12.8. The van der Waals surface area contributed by atoms with E-state index < -0.39 is 5.92 Å². The van der Waals surface area contributed by atoms with Crippen LogP contribution in [0, 0.1) is 11.7 Å². The van der Waals surface area contributed by atoms with Crippen molar-refractivity contribution in [2.75, 3.05) is 11.4 Å². The fourth-order valence-corrected chi connectivity index (χ4v) is 2.70. The second-order valence-electron chi connectivity index (χ2n) is 5.51. The van der Waals surface area contributed by atoms with Crippen molar-refractivity contribution < 1.29 is 14.0 Å². The second kappa shape index (κ2) is 6.60. The number of nitrogens with one attached hydrogen (secondary N) is 1. The van der Waals surface area contributed by atoms with E-state index >= 15 is 0 Å². The van der Waals surface area contributed by atoms with Crippen molar-refractivity contribution >= 4 is 17.5 Å². The van der Waals surface area contributed by atoms with Gasteiger partial charge in [-0.1, -0.05) is 30.3 Å². The zero-order chi connectivity index (χ0) is 16.2. The molecule has 0 aromatic heterocycles. The van der Waals surface area contributed by atoms with Crippen LogP contribution in [0.3, 0.4) is 0 Å². The average molecular weight is 312 g/mol. The standard InChI is InChI=1S/C18H17FN2O2/c19-14-8-6-13(7-9-14)12-20-17(22)16-10-11-21(18(16)23)15-4-2-1-3-5-15/h1-9,16H,10-12H2,(H,20,22)/t16-/m0/s1. The van der Waals surface area contributed by atoms with Crippen molar-refractivity contribution in [3.05, 3.63) is 66.0 Å². The van der Waals surface area contributed by atoms with Crippen LogP contribution in [0.25, 0.3) is 0 Å². The number of carbonyl (C=O) groups is 2. The first-order valence-corrected chi connectivity index (χ1v) is 7.54. The summed E-state index contributed by atoms with van der Waals surface area (Å²) in [7, 11) is 0. The van der Waals surface area contributed by atoms with Crippen molar-refractivity contribution in [3.63, 3.8) is 0 Å². The van der Waals surface area contributed by atoms with Crippen molar-refractivity contribution in [2.45, 2.75) is 13.0 Å². The van der Waals surface area contributed by atoms with Crippen LogP contribution in [0.1, 0.15) is 12.0 Å². The third-order valence-electron chi connectivity index (χ3n) is 3.97. The number of hydrogen-bond acceptors (Lipinski definition) is 2. The van der Waals surface area contributed by atoms with E-state index in [9.17, 15) is 14.0 Å². The van der Waals surface area contributed by atoms with Crippen LogP contribution in [-0.4, -0.2) is 18.4 Å². The maximum atomic E-state index is 12.8. The summed E-state index contributed by atoms with van der Waals surface area (Å²) in [4.78, 5) is 26.3. The molecular weight excluding hydrogens is 295 g/mol. The van der Waals surface area contributed by atoms with Crippen LogP contribution in [0.5, 0.6) is 0 Å². The molecule has 5 heteroatoms. The lowest BCUT2D eigenvalue weighted by Gasteiger charge is -2.16. The molecule has 3 rings (SSSR count). The van der Waals surface area contributed by atoms with Crippen molar-refractivity contribution in [2.24, 2.45) is 5.92 Å². The SMILES string of the molecule is O=C(NCc1ccc(F)cc1)[C@@H]1CCN(c2ccccc2)C1=O. The Balaban J connectivity index is 1.60. The molecule has 2 amide bonds. The Kier molecular flexibility index (Phi) is 4.37. The predicted octanol–water partition coefficient (Wildman–Crippen LogP) is 2.50. The fourth-order valence-electron chi connectivity index (χ4n) is 2.70. The summed E-state index contributed by atoms with van der Waals surface area (Å²) in [5.41, 5.74) is 1.61. The highest BCUT2D eigenvalue weighted by Gasteiger charge is 2.37. The Morgan fingerprint density at radius 2 is 1.83 bits per heavy atom. The van der Waals surface area contributed by atoms with Crippen LogP contribution >= 0.6 is 0 Å². The van der Waals surface area contributed by atoms with E-state index in [0.717, 1.165) is 11.3 Å². The zero-order valence-electron chi connectivity index (χ0n) is 12.5. The van der Waals surface area contributed by atoms with E-state index in [-0.39, 0.29) is 24.2 Å². The number of benzene rings is 2. The highest BCUT2D eigenvalue weighted by Crippen LogP contribution is 2.25. The van der Waals surface area contributed by atoms with Gasteiger partial charge in [0.2, 0.25) is 11.8 Å². The molecule has 1 aliphatic rings. The number of anilines is 1. The number of carbonyl (C=O) groups excluding carboxylic acids is 2. The number of rotatable bonds is 4. The molecule has 0 unspecified atom stereocenters. The van der Waals surface area contributed by atoms with Gasteiger partial charge in [-0.2, -0.15) is 0 Å². The van der Waals surface area contributed by atoms with Gasteiger partial charge in [-0.25, -0.2) is 4.39 Å². The monoisotopic (exact) mass is 312 g/mol. The molecule has 2 aromatic carbocycles. The van der Waals surface area contributed by atoms with E-state index in [1.165, 1.54) is 12.1 Å². The van der Waals surface area contributed by atoms with Gasteiger partial charge in [-0.05, 0) is 36.2 Å². The van der Waals surface area contributed by atoms with Gasteiger partial charge in [0, 0.05) is 18.8 Å². The summed E-state index contributed by atoms with van der Waals surface area (Å²) >= 11 is 0.